The molecule has 104 valence electrons. The number of hydrogen-bond acceptors (Lipinski definition) is 2. The summed E-state index contributed by atoms with van der Waals surface area (Å²) in [5.74, 6) is 0.931. The van der Waals surface area contributed by atoms with E-state index in [1.807, 2.05) is 12.1 Å². The summed E-state index contributed by atoms with van der Waals surface area (Å²) >= 11 is 0. The molecule has 1 aliphatic carbocycles. The van der Waals surface area contributed by atoms with Crippen molar-refractivity contribution in [1.82, 2.24) is 0 Å². The van der Waals surface area contributed by atoms with E-state index in [0.717, 1.165) is 24.3 Å². The fourth-order valence-corrected chi connectivity index (χ4v) is 2.91. The third-order valence-electron chi connectivity index (χ3n) is 4.98. The summed E-state index contributed by atoms with van der Waals surface area (Å²) in [5, 5.41) is 0. The van der Waals surface area contributed by atoms with Gasteiger partial charge in [-0.05, 0) is 37.2 Å². The molecule has 1 aliphatic rings. The van der Waals surface area contributed by atoms with E-state index >= 15 is 0 Å². The van der Waals surface area contributed by atoms with E-state index in [2.05, 4.69) is 26.0 Å². The van der Waals surface area contributed by atoms with Gasteiger partial charge in [-0.2, -0.15) is 0 Å². The first-order chi connectivity index (χ1) is 9.16. The quantitative estimate of drug-likeness (QED) is 0.787. The Balaban J connectivity index is 2.18. The molecule has 1 saturated carbocycles. The molecule has 0 radical (unpaired) electrons. The zero-order valence-corrected chi connectivity index (χ0v) is 12.1. The Kier molecular flexibility index (Phi) is 4.41. The van der Waals surface area contributed by atoms with E-state index in [4.69, 9.17) is 5.73 Å². The van der Waals surface area contributed by atoms with Crippen LogP contribution >= 0.6 is 0 Å². The number of carbonyl (C=O) groups is 1. The molecular formula is C17H25NO. The van der Waals surface area contributed by atoms with Crippen molar-refractivity contribution in [2.45, 2.75) is 51.9 Å². The molecule has 0 bridgehead atoms. The molecule has 2 heteroatoms. The average molecular weight is 259 g/mol. The first-order valence-electron chi connectivity index (χ1n) is 7.51. The lowest BCUT2D eigenvalue weighted by Crippen LogP contribution is -2.37. The molecule has 0 atom stereocenters. The van der Waals surface area contributed by atoms with Crippen molar-refractivity contribution in [3.05, 3.63) is 35.4 Å². The molecule has 2 rings (SSSR count). The maximum atomic E-state index is 12.6. The van der Waals surface area contributed by atoms with Gasteiger partial charge in [0.15, 0.2) is 5.78 Å². The van der Waals surface area contributed by atoms with Crippen molar-refractivity contribution in [3.63, 3.8) is 0 Å². The second-order valence-electron chi connectivity index (χ2n) is 5.77. The van der Waals surface area contributed by atoms with Crippen LogP contribution in [0.15, 0.2) is 24.3 Å². The third kappa shape index (κ3) is 2.59. The van der Waals surface area contributed by atoms with Crippen LogP contribution in [0.3, 0.4) is 0 Å². The van der Waals surface area contributed by atoms with Crippen LogP contribution in [0.25, 0.3) is 0 Å². The van der Waals surface area contributed by atoms with Crippen LogP contribution < -0.4 is 5.73 Å². The highest BCUT2D eigenvalue weighted by Crippen LogP contribution is 2.37. The maximum absolute atomic E-state index is 12.6. The zero-order chi connectivity index (χ0) is 13.9. The minimum Gasteiger partial charge on any atom is -0.329 e. The summed E-state index contributed by atoms with van der Waals surface area (Å²) in [6, 6.07) is 8.24. The molecule has 0 unspecified atom stereocenters. The number of benzene rings is 1. The van der Waals surface area contributed by atoms with Crippen LogP contribution in [0.5, 0.6) is 0 Å². The molecular weight excluding hydrogens is 234 g/mol. The molecule has 1 aromatic rings. The highest BCUT2D eigenvalue weighted by atomic mass is 16.1. The predicted molar refractivity (Wildman–Crippen MR) is 79.4 cm³/mol. The normalized spacial score (nSPS) is 16.2. The summed E-state index contributed by atoms with van der Waals surface area (Å²) in [6.45, 7) is 4.54. The molecule has 19 heavy (non-hydrogen) atoms. The number of Topliss-reactive ketones (excluding diaryl/α,β-unsaturated/α-hetero) is 1. The molecule has 0 saturated heterocycles. The number of rotatable bonds is 6. The Morgan fingerprint density at radius 2 is 1.79 bits per heavy atom. The van der Waals surface area contributed by atoms with Crippen molar-refractivity contribution in [2.75, 3.05) is 6.54 Å². The topological polar surface area (TPSA) is 43.1 Å². The highest BCUT2D eigenvalue weighted by Gasteiger charge is 2.34. The summed E-state index contributed by atoms with van der Waals surface area (Å²) in [4.78, 5) is 12.6. The van der Waals surface area contributed by atoms with Gasteiger partial charge in [0.2, 0.25) is 0 Å². The molecule has 0 amide bonds. The zero-order valence-electron chi connectivity index (χ0n) is 12.1. The number of nitrogens with two attached hydrogens (primary N) is 1. The number of carbonyl (C=O) groups excluding carboxylic acids is 1. The maximum Gasteiger partial charge on any atom is 0.170 e. The van der Waals surface area contributed by atoms with E-state index in [1.54, 1.807) is 0 Å². The van der Waals surface area contributed by atoms with Crippen molar-refractivity contribution >= 4 is 5.78 Å². The Labute approximate surface area is 116 Å². The number of hydrogen-bond donors (Lipinski definition) is 1. The molecule has 0 heterocycles. The summed E-state index contributed by atoms with van der Waals surface area (Å²) in [6.07, 6.45) is 5.55. The lowest BCUT2D eigenvalue weighted by Gasteiger charge is -2.29. The van der Waals surface area contributed by atoms with Crippen molar-refractivity contribution in [3.8, 4) is 0 Å². The molecule has 1 fully saturated rings. The SMILES string of the molecule is CCC(CC)(CN)C(=O)c1ccc(C2CCC2)cc1. The average Bonchev–Trinajstić information content (AvgIpc) is 2.40. The Bertz CT molecular complexity index is 419. The van der Waals surface area contributed by atoms with Crippen LogP contribution in [0.2, 0.25) is 0 Å². The van der Waals surface area contributed by atoms with E-state index < -0.39 is 0 Å². The van der Waals surface area contributed by atoms with Gasteiger partial charge in [-0.3, -0.25) is 4.79 Å². The van der Waals surface area contributed by atoms with Gasteiger partial charge in [-0.15, -0.1) is 0 Å². The molecule has 1 aromatic carbocycles. The van der Waals surface area contributed by atoms with E-state index in [9.17, 15) is 4.79 Å². The third-order valence-corrected chi connectivity index (χ3v) is 4.98. The first-order valence-corrected chi connectivity index (χ1v) is 7.51. The summed E-state index contributed by atoms with van der Waals surface area (Å²) < 4.78 is 0. The van der Waals surface area contributed by atoms with Gasteiger partial charge in [-0.25, -0.2) is 0 Å². The molecule has 0 aromatic heterocycles. The number of ketones is 1. The van der Waals surface area contributed by atoms with Crippen LogP contribution in [0, 0.1) is 5.41 Å². The molecule has 2 N–H and O–H groups in total. The minimum atomic E-state index is -0.377. The van der Waals surface area contributed by atoms with E-state index in [1.165, 1.54) is 24.8 Å². The van der Waals surface area contributed by atoms with E-state index in [0.29, 0.717) is 6.54 Å². The molecule has 0 spiro atoms. The van der Waals surface area contributed by atoms with Gasteiger partial charge in [0, 0.05) is 17.5 Å². The lowest BCUT2D eigenvalue weighted by atomic mass is 9.75. The van der Waals surface area contributed by atoms with Crippen LogP contribution in [0.1, 0.15) is 67.8 Å². The van der Waals surface area contributed by atoms with Crippen LogP contribution in [0.4, 0.5) is 0 Å². The lowest BCUT2D eigenvalue weighted by molar-refractivity contribution is 0.0787. The monoisotopic (exact) mass is 259 g/mol. The van der Waals surface area contributed by atoms with Gasteiger partial charge in [0.05, 0.1) is 0 Å². The predicted octanol–water partition coefficient (Wildman–Crippen LogP) is 3.90. The van der Waals surface area contributed by atoms with Gasteiger partial charge in [0.1, 0.15) is 0 Å². The standard InChI is InChI=1S/C17H25NO/c1-3-17(4-2,12-18)16(19)15-10-8-14(9-11-15)13-6-5-7-13/h8-11,13H,3-7,12,18H2,1-2H3. The van der Waals surface area contributed by atoms with Gasteiger partial charge >= 0.3 is 0 Å². The second kappa shape index (κ2) is 5.87. The van der Waals surface area contributed by atoms with Crippen molar-refractivity contribution in [1.29, 1.82) is 0 Å². The fraction of sp³-hybridized carbons (Fsp3) is 0.588. The molecule has 2 nitrogen and oxygen atoms in total. The summed E-state index contributed by atoms with van der Waals surface area (Å²) in [7, 11) is 0. The minimum absolute atomic E-state index is 0.208. The Hall–Kier alpha value is -1.15. The Morgan fingerprint density at radius 1 is 1.21 bits per heavy atom. The van der Waals surface area contributed by atoms with Crippen LogP contribution in [-0.2, 0) is 0 Å². The largest absolute Gasteiger partial charge is 0.329 e. The van der Waals surface area contributed by atoms with Crippen molar-refractivity contribution < 1.29 is 4.79 Å². The first kappa shape index (κ1) is 14.3. The van der Waals surface area contributed by atoms with E-state index in [-0.39, 0.29) is 11.2 Å². The molecule has 0 aliphatic heterocycles. The van der Waals surface area contributed by atoms with Crippen LogP contribution in [-0.4, -0.2) is 12.3 Å². The van der Waals surface area contributed by atoms with Gasteiger partial charge < -0.3 is 5.73 Å². The Morgan fingerprint density at radius 3 is 2.16 bits per heavy atom. The van der Waals surface area contributed by atoms with Gasteiger partial charge in [-0.1, -0.05) is 44.5 Å². The smallest absolute Gasteiger partial charge is 0.170 e. The fourth-order valence-electron chi connectivity index (χ4n) is 2.91. The van der Waals surface area contributed by atoms with Crippen molar-refractivity contribution in [2.24, 2.45) is 11.1 Å². The van der Waals surface area contributed by atoms with Gasteiger partial charge in [0.25, 0.3) is 0 Å². The highest BCUT2D eigenvalue weighted by molar-refractivity contribution is 6.00. The summed E-state index contributed by atoms with van der Waals surface area (Å²) in [5.41, 5.74) is 7.68. The second-order valence-corrected chi connectivity index (χ2v) is 5.77.